The van der Waals surface area contributed by atoms with Crippen LogP contribution in [0.2, 0.25) is 5.02 Å². The molecule has 0 aliphatic carbocycles. The van der Waals surface area contributed by atoms with Crippen molar-refractivity contribution in [2.75, 3.05) is 0 Å². The minimum absolute atomic E-state index is 0.0137. The third-order valence-electron chi connectivity index (χ3n) is 2.65. The molecule has 5 heteroatoms. The number of pyridine rings is 1. The number of nitrogens with one attached hydrogen (secondary N) is 1. The minimum Gasteiger partial charge on any atom is -0.271 e. The zero-order chi connectivity index (χ0) is 13.0. The molecule has 0 amide bonds. The van der Waals surface area contributed by atoms with Crippen LogP contribution in [0.3, 0.4) is 0 Å². The molecule has 2 aromatic rings. The van der Waals surface area contributed by atoms with E-state index in [-0.39, 0.29) is 6.04 Å². The molecule has 2 rings (SSSR count). The van der Waals surface area contributed by atoms with E-state index in [0.717, 1.165) is 22.0 Å². The number of hydrazine groups is 1. The zero-order valence-electron chi connectivity index (χ0n) is 9.61. The van der Waals surface area contributed by atoms with Gasteiger partial charge in [-0.3, -0.25) is 16.3 Å². The molecule has 1 heterocycles. The summed E-state index contributed by atoms with van der Waals surface area (Å²) in [5, 5.41) is 0.708. The second kappa shape index (κ2) is 6.29. The zero-order valence-corrected chi connectivity index (χ0v) is 11.9. The van der Waals surface area contributed by atoms with Crippen molar-refractivity contribution in [1.29, 1.82) is 0 Å². The molecule has 0 saturated carbocycles. The molecule has 1 aromatic carbocycles. The lowest BCUT2D eigenvalue weighted by Gasteiger charge is -2.16. The molecule has 0 spiro atoms. The maximum atomic E-state index is 5.99. The molecule has 3 nitrogen and oxygen atoms in total. The molecule has 0 fully saturated rings. The summed E-state index contributed by atoms with van der Waals surface area (Å²) in [6.45, 7) is 0. The summed E-state index contributed by atoms with van der Waals surface area (Å²) < 4.78 is 0.960. The first kappa shape index (κ1) is 13.5. The van der Waals surface area contributed by atoms with E-state index in [1.165, 1.54) is 0 Å². The van der Waals surface area contributed by atoms with Gasteiger partial charge in [0, 0.05) is 21.9 Å². The van der Waals surface area contributed by atoms with Gasteiger partial charge in [0.15, 0.2) is 0 Å². The van der Waals surface area contributed by atoms with Crippen molar-refractivity contribution in [3.8, 4) is 0 Å². The van der Waals surface area contributed by atoms with Crippen LogP contribution < -0.4 is 11.3 Å². The van der Waals surface area contributed by atoms with Crippen molar-refractivity contribution in [3.05, 3.63) is 63.3 Å². The fourth-order valence-electron chi connectivity index (χ4n) is 1.80. The van der Waals surface area contributed by atoms with Crippen LogP contribution in [0.25, 0.3) is 0 Å². The summed E-state index contributed by atoms with van der Waals surface area (Å²) in [7, 11) is 0. The number of aromatic nitrogens is 1. The van der Waals surface area contributed by atoms with Gasteiger partial charge in [-0.15, -0.1) is 0 Å². The predicted molar refractivity (Wildman–Crippen MR) is 77.2 cm³/mol. The highest BCUT2D eigenvalue weighted by atomic mass is 79.9. The van der Waals surface area contributed by atoms with Crippen molar-refractivity contribution < 1.29 is 0 Å². The third-order valence-corrected chi connectivity index (χ3v) is 3.32. The molecule has 0 aliphatic rings. The molecule has 0 saturated heterocycles. The van der Waals surface area contributed by atoms with Gasteiger partial charge >= 0.3 is 0 Å². The molecule has 1 aromatic heterocycles. The highest BCUT2D eigenvalue weighted by Crippen LogP contribution is 2.21. The van der Waals surface area contributed by atoms with Crippen molar-refractivity contribution in [1.82, 2.24) is 10.4 Å². The van der Waals surface area contributed by atoms with Crippen molar-refractivity contribution >= 4 is 27.5 Å². The van der Waals surface area contributed by atoms with Gasteiger partial charge in [0.05, 0.1) is 6.04 Å². The Morgan fingerprint density at radius 2 is 2.17 bits per heavy atom. The molecule has 0 bridgehead atoms. The van der Waals surface area contributed by atoms with E-state index in [1.54, 1.807) is 6.20 Å². The van der Waals surface area contributed by atoms with Crippen LogP contribution in [-0.2, 0) is 6.42 Å². The molecule has 1 atom stereocenters. The first-order chi connectivity index (χ1) is 8.69. The maximum Gasteiger partial charge on any atom is 0.0501 e. The van der Waals surface area contributed by atoms with Gasteiger partial charge in [0.2, 0.25) is 0 Å². The lowest BCUT2D eigenvalue weighted by atomic mass is 10.0. The summed E-state index contributed by atoms with van der Waals surface area (Å²) in [6.07, 6.45) is 4.34. The fourth-order valence-corrected chi connectivity index (χ4v) is 2.41. The van der Waals surface area contributed by atoms with Gasteiger partial charge in [-0.05, 0) is 51.7 Å². The summed E-state index contributed by atoms with van der Waals surface area (Å²) in [5.41, 5.74) is 4.98. The molecule has 0 aliphatic heterocycles. The standard InChI is InChI=1S/C13H13BrClN3/c14-11-4-9(7-17-8-11)5-13(18-16)10-2-1-3-12(15)6-10/h1-4,6-8,13,18H,5,16H2. The summed E-state index contributed by atoms with van der Waals surface area (Å²) in [4.78, 5) is 4.14. The Morgan fingerprint density at radius 1 is 1.33 bits per heavy atom. The number of hydrogen-bond donors (Lipinski definition) is 2. The fraction of sp³-hybridized carbons (Fsp3) is 0.154. The largest absolute Gasteiger partial charge is 0.271 e. The Balaban J connectivity index is 2.19. The van der Waals surface area contributed by atoms with Gasteiger partial charge in [-0.25, -0.2) is 0 Å². The number of rotatable bonds is 4. The van der Waals surface area contributed by atoms with Crippen LogP contribution >= 0.6 is 27.5 Å². The maximum absolute atomic E-state index is 5.99. The van der Waals surface area contributed by atoms with Crippen LogP contribution in [0, 0.1) is 0 Å². The van der Waals surface area contributed by atoms with Crippen molar-refractivity contribution in [2.45, 2.75) is 12.5 Å². The number of hydrogen-bond acceptors (Lipinski definition) is 3. The first-order valence-corrected chi connectivity index (χ1v) is 6.67. The smallest absolute Gasteiger partial charge is 0.0501 e. The van der Waals surface area contributed by atoms with Crippen molar-refractivity contribution in [3.63, 3.8) is 0 Å². The quantitative estimate of drug-likeness (QED) is 0.670. The summed E-state index contributed by atoms with van der Waals surface area (Å²) in [5.74, 6) is 5.62. The molecule has 1 unspecified atom stereocenters. The van der Waals surface area contributed by atoms with Crippen LogP contribution in [0.15, 0.2) is 47.2 Å². The van der Waals surface area contributed by atoms with E-state index >= 15 is 0 Å². The highest BCUT2D eigenvalue weighted by Gasteiger charge is 2.11. The van der Waals surface area contributed by atoms with E-state index in [9.17, 15) is 0 Å². The molecule has 0 radical (unpaired) electrons. The lowest BCUT2D eigenvalue weighted by molar-refractivity contribution is 0.551. The van der Waals surface area contributed by atoms with Gasteiger partial charge in [-0.1, -0.05) is 23.7 Å². The number of nitrogens with zero attached hydrogens (tertiary/aromatic N) is 1. The van der Waals surface area contributed by atoms with E-state index in [4.69, 9.17) is 17.4 Å². The minimum atomic E-state index is 0.0137. The van der Waals surface area contributed by atoms with E-state index in [1.807, 2.05) is 36.5 Å². The normalized spacial score (nSPS) is 12.4. The van der Waals surface area contributed by atoms with Gasteiger partial charge in [0.1, 0.15) is 0 Å². The molecular weight excluding hydrogens is 314 g/mol. The van der Waals surface area contributed by atoms with Crippen molar-refractivity contribution in [2.24, 2.45) is 5.84 Å². The van der Waals surface area contributed by atoms with Gasteiger partial charge in [-0.2, -0.15) is 0 Å². The average Bonchev–Trinajstić information content (AvgIpc) is 2.36. The monoisotopic (exact) mass is 325 g/mol. The summed E-state index contributed by atoms with van der Waals surface area (Å²) >= 11 is 9.39. The Bertz CT molecular complexity index is 533. The number of nitrogens with two attached hydrogens (primary N) is 1. The molecule has 94 valence electrons. The van der Waals surface area contributed by atoms with E-state index in [2.05, 4.69) is 26.3 Å². The van der Waals surface area contributed by atoms with Crippen LogP contribution in [-0.4, -0.2) is 4.98 Å². The average molecular weight is 327 g/mol. The SMILES string of the molecule is NNC(Cc1cncc(Br)c1)c1cccc(Cl)c1. The lowest BCUT2D eigenvalue weighted by Crippen LogP contribution is -2.29. The second-order valence-electron chi connectivity index (χ2n) is 3.99. The van der Waals surface area contributed by atoms with Crippen LogP contribution in [0.1, 0.15) is 17.2 Å². The second-order valence-corrected chi connectivity index (χ2v) is 5.34. The topological polar surface area (TPSA) is 50.9 Å². The Kier molecular flexibility index (Phi) is 4.72. The van der Waals surface area contributed by atoms with Crippen LogP contribution in [0.5, 0.6) is 0 Å². The Morgan fingerprint density at radius 3 is 2.83 bits per heavy atom. The van der Waals surface area contributed by atoms with E-state index in [0.29, 0.717) is 5.02 Å². The number of benzene rings is 1. The van der Waals surface area contributed by atoms with Gasteiger partial charge in [0.25, 0.3) is 0 Å². The number of halogens is 2. The third kappa shape index (κ3) is 3.53. The van der Waals surface area contributed by atoms with Crippen LogP contribution in [0.4, 0.5) is 0 Å². The van der Waals surface area contributed by atoms with Gasteiger partial charge < -0.3 is 0 Å². The molecule has 3 N–H and O–H groups in total. The molecular formula is C13H13BrClN3. The Hall–Kier alpha value is -0.940. The highest BCUT2D eigenvalue weighted by molar-refractivity contribution is 9.10. The first-order valence-electron chi connectivity index (χ1n) is 5.50. The van der Waals surface area contributed by atoms with E-state index < -0.39 is 0 Å². The summed E-state index contributed by atoms with van der Waals surface area (Å²) in [6, 6.07) is 9.72. The Labute approximate surface area is 119 Å². The predicted octanol–water partition coefficient (Wildman–Crippen LogP) is 3.24. The molecule has 18 heavy (non-hydrogen) atoms.